The summed E-state index contributed by atoms with van der Waals surface area (Å²) in [5.41, 5.74) is 6.14. The highest BCUT2D eigenvalue weighted by Crippen LogP contribution is 2.13. The van der Waals surface area contributed by atoms with Gasteiger partial charge in [0.1, 0.15) is 5.75 Å². The molecule has 104 valence electrons. The lowest BCUT2D eigenvalue weighted by molar-refractivity contribution is -0.146. The number of carbonyl (C=O) groups excluding carboxylic acids is 1. The maximum atomic E-state index is 11.7. The normalized spacial score (nSPS) is 11.7. The standard InChI is InChI=1S/C13H18N2O4/c1-3-19-10-6-4-9(5-7-10)8-15(2)12(16)11(14)13(17)18/h4-7,11H,3,8,14H2,1-2H3,(H,17,18). The van der Waals surface area contributed by atoms with Gasteiger partial charge in [0.25, 0.3) is 5.91 Å². The van der Waals surface area contributed by atoms with Crippen LogP contribution in [0, 0.1) is 0 Å². The van der Waals surface area contributed by atoms with Crippen LogP contribution in [0.5, 0.6) is 5.75 Å². The van der Waals surface area contributed by atoms with Crippen LogP contribution in [0.2, 0.25) is 0 Å². The summed E-state index contributed by atoms with van der Waals surface area (Å²) in [6.45, 7) is 2.78. The van der Waals surface area contributed by atoms with Crippen molar-refractivity contribution >= 4 is 11.9 Å². The third-order valence-corrected chi connectivity index (χ3v) is 2.56. The van der Waals surface area contributed by atoms with Gasteiger partial charge in [-0.3, -0.25) is 4.79 Å². The Balaban J connectivity index is 2.63. The van der Waals surface area contributed by atoms with Gasteiger partial charge in [-0.15, -0.1) is 0 Å². The second-order valence-corrected chi connectivity index (χ2v) is 4.09. The van der Waals surface area contributed by atoms with Crippen molar-refractivity contribution in [3.8, 4) is 5.75 Å². The van der Waals surface area contributed by atoms with Crippen molar-refractivity contribution in [1.29, 1.82) is 0 Å². The lowest BCUT2D eigenvalue weighted by Gasteiger charge is -2.19. The van der Waals surface area contributed by atoms with Gasteiger partial charge in [0, 0.05) is 13.6 Å². The highest BCUT2D eigenvalue weighted by atomic mass is 16.5. The zero-order chi connectivity index (χ0) is 14.4. The van der Waals surface area contributed by atoms with Crippen molar-refractivity contribution in [2.75, 3.05) is 13.7 Å². The number of hydrogen-bond acceptors (Lipinski definition) is 4. The molecule has 0 aliphatic carbocycles. The third kappa shape index (κ3) is 4.26. The molecule has 3 N–H and O–H groups in total. The molecular formula is C13H18N2O4. The Morgan fingerprint density at radius 3 is 2.42 bits per heavy atom. The molecule has 1 aromatic carbocycles. The average molecular weight is 266 g/mol. The zero-order valence-corrected chi connectivity index (χ0v) is 11.0. The van der Waals surface area contributed by atoms with E-state index in [1.807, 2.05) is 19.1 Å². The molecule has 0 saturated heterocycles. The molecule has 1 rings (SSSR count). The van der Waals surface area contributed by atoms with E-state index in [9.17, 15) is 9.59 Å². The summed E-state index contributed by atoms with van der Waals surface area (Å²) in [4.78, 5) is 23.6. The van der Waals surface area contributed by atoms with Gasteiger partial charge in [-0.25, -0.2) is 4.79 Å². The first-order chi connectivity index (χ1) is 8.95. The SMILES string of the molecule is CCOc1ccc(CN(C)C(=O)C(N)C(=O)O)cc1. The fraction of sp³-hybridized carbons (Fsp3) is 0.385. The van der Waals surface area contributed by atoms with E-state index in [1.165, 1.54) is 11.9 Å². The maximum absolute atomic E-state index is 11.7. The number of nitrogens with zero attached hydrogens (tertiary/aromatic N) is 1. The molecule has 0 heterocycles. The van der Waals surface area contributed by atoms with Crippen LogP contribution >= 0.6 is 0 Å². The molecule has 6 heteroatoms. The fourth-order valence-electron chi connectivity index (χ4n) is 1.55. The molecule has 0 aliphatic heterocycles. The molecule has 1 amide bonds. The number of carboxylic acids is 1. The minimum Gasteiger partial charge on any atom is -0.494 e. The first-order valence-electron chi connectivity index (χ1n) is 5.90. The zero-order valence-electron chi connectivity index (χ0n) is 11.0. The third-order valence-electron chi connectivity index (χ3n) is 2.56. The predicted octanol–water partition coefficient (Wildman–Crippen LogP) is 0.456. The molecule has 0 aromatic heterocycles. The lowest BCUT2D eigenvalue weighted by atomic mass is 10.2. The van der Waals surface area contributed by atoms with Crippen LogP contribution < -0.4 is 10.5 Å². The Hall–Kier alpha value is -2.08. The summed E-state index contributed by atoms with van der Waals surface area (Å²) >= 11 is 0. The molecule has 0 bridgehead atoms. The van der Waals surface area contributed by atoms with Crippen LogP contribution in [0.15, 0.2) is 24.3 Å². The van der Waals surface area contributed by atoms with E-state index >= 15 is 0 Å². The van der Waals surface area contributed by atoms with Crippen LogP contribution in [0.4, 0.5) is 0 Å². The van der Waals surface area contributed by atoms with Crippen molar-refractivity contribution in [3.63, 3.8) is 0 Å². The number of aliphatic carboxylic acids is 1. The number of nitrogens with two attached hydrogens (primary N) is 1. The minimum atomic E-state index is -1.52. The molecule has 19 heavy (non-hydrogen) atoms. The van der Waals surface area contributed by atoms with Crippen LogP contribution in [-0.2, 0) is 16.1 Å². The van der Waals surface area contributed by atoms with Crippen molar-refractivity contribution in [2.24, 2.45) is 5.73 Å². The Bertz CT molecular complexity index is 444. The van der Waals surface area contributed by atoms with Gasteiger partial charge in [-0.1, -0.05) is 12.1 Å². The van der Waals surface area contributed by atoms with E-state index in [-0.39, 0.29) is 0 Å². The number of rotatable bonds is 6. The van der Waals surface area contributed by atoms with Crippen LogP contribution in [0.1, 0.15) is 12.5 Å². The number of amides is 1. The fourth-order valence-corrected chi connectivity index (χ4v) is 1.55. The first kappa shape index (κ1) is 15.0. The molecule has 6 nitrogen and oxygen atoms in total. The average Bonchev–Trinajstić information content (AvgIpc) is 2.39. The summed E-state index contributed by atoms with van der Waals surface area (Å²) in [6.07, 6.45) is 0. The molecule has 0 aliphatic rings. The van der Waals surface area contributed by atoms with Gasteiger partial charge >= 0.3 is 5.97 Å². The topological polar surface area (TPSA) is 92.9 Å². The molecule has 0 spiro atoms. The molecule has 1 aromatic rings. The van der Waals surface area contributed by atoms with Crippen LogP contribution in [0.3, 0.4) is 0 Å². The highest BCUT2D eigenvalue weighted by molar-refractivity contribution is 6.00. The van der Waals surface area contributed by atoms with Gasteiger partial charge in [0.2, 0.25) is 0 Å². The van der Waals surface area contributed by atoms with E-state index in [4.69, 9.17) is 15.6 Å². The van der Waals surface area contributed by atoms with E-state index in [0.717, 1.165) is 11.3 Å². The molecular weight excluding hydrogens is 248 g/mol. The first-order valence-corrected chi connectivity index (χ1v) is 5.90. The van der Waals surface area contributed by atoms with Crippen molar-refractivity contribution in [1.82, 2.24) is 4.90 Å². The molecule has 0 saturated carbocycles. The van der Waals surface area contributed by atoms with Crippen molar-refractivity contribution in [3.05, 3.63) is 29.8 Å². The van der Waals surface area contributed by atoms with Gasteiger partial charge in [-0.2, -0.15) is 0 Å². The van der Waals surface area contributed by atoms with Gasteiger partial charge in [0.05, 0.1) is 6.61 Å². The number of carboxylic acid groups (broad SMARTS) is 1. The van der Waals surface area contributed by atoms with Gasteiger partial charge < -0.3 is 20.5 Å². The summed E-state index contributed by atoms with van der Waals surface area (Å²) in [5.74, 6) is -1.20. The number of ether oxygens (including phenoxy) is 1. The maximum Gasteiger partial charge on any atom is 0.330 e. The second kappa shape index (κ2) is 6.75. The molecule has 1 atom stereocenters. The smallest absolute Gasteiger partial charge is 0.330 e. The van der Waals surface area contributed by atoms with E-state index in [1.54, 1.807) is 12.1 Å². The minimum absolute atomic E-state index is 0.298. The van der Waals surface area contributed by atoms with Gasteiger partial charge in [-0.05, 0) is 24.6 Å². The van der Waals surface area contributed by atoms with E-state index in [0.29, 0.717) is 13.2 Å². The highest BCUT2D eigenvalue weighted by Gasteiger charge is 2.24. The Morgan fingerprint density at radius 1 is 1.37 bits per heavy atom. The van der Waals surface area contributed by atoms with Crippen LogP contribution in [0.25, 0.3) is 0 Å². The lowest BCUT2D eigenvalue weighted by Crippen LogP contribution is -2.46. The Kier molecular flexibility index (Phi) is 5.32. The number of hydrogen-bond donors (Lipinski definition) is 2. The van der Waals surface area contributed by atoms with Gasteiger partial charge in [0.15, 0.2) is 6.04 Å². The number of benzene rings is 1. The summed E-state index contributed by atoms with van der Waals surface area (Å²) < 4.78 is 5.30. The number of likely N-dealkylation sites (N-methyl/N-ethyl adjacent to an activating group) is 1. The summed E-state index contributed by atoms with van der Waals surface area (Å²) in [7, 11) is 1.52. The second-order valence-electron chi connectivity index (χ2n) is 4.09. The van der Waals surface area contributed by atoms with Crippen molar-refractivity contribution in [2.45, 2.75) is 19.5 Å². The van der Waals surface area contributed by atoms with E-state index in [2.05, 4.69) is 0 Å². The Morgan fingerprint density at radius 2 is 1.95 bits per heavy atom. The largest absolute Gasteiger partial charge is 0.494 e. The summed E-state index contributed by atoms with van der Waals surface area (Å²) in [5, 5.41) is 8.67. The summed E-state index contributed by atoms with van der Waals surface area (Å²) in [6, 6.07) is 5.72. The monoisotopic (exact) mass is 266 g/mol. The van der Waals surface area contributed by atoms with E-state index < -0.39 is 17.9 Å². The Labute approximate surface area is 111 Å². The molecule has 0 radical (unpaired) electrons. The van der Waals surface area contributed by atoms with Crippen molar-refractivity contribution < 1.29 is 19.4 Å². The quantitative estimate of drug-likeness (QED) is 0.729. The molecule has 1 unspecified atom stereocenters. The predicted molar refractivity (Wildman–Crippen MR) is 69.7 cm³/mol. The number of carbonyl (C=O) groups is 2. The van der Waals surface area contributed by atoms with Crippen LogP contribution in [-0.4, -0.2) is 41.6 Å². The molecule has 0 fully saturated rings.